The highest BCUT2D eigenvalue weighted by Crippen LogP contribution is 2.25. The second-order valence-electron chi connectivity index (χ2n) is 6.80. The molecule has 3 amide bonds. The average Bonchev–Trinajstić information content (AvgIpc) is 2.53. The Hall–Kier alpha value is -1.79. The van der Waals surface area contributed by atoms with Gasteiger partial charge in [0.1, 0.15) is 0 Å². The van der Waals surface area contributed by atoms with Crippen LogP contribution in [0.25, 0.3) is 0 Å². The molecule has 0 aromatic rings. The SMILES string of the molecule is CN(C)C(=O)N1CCC(C(=O)N2CCC(CC(=O)O)CC2)CC1. The summed E-state index contributed by atoms with van der Waals surface area (Å²) in [6, 6.07) is 0.00499. The summed E-state index contributed by atoms with van der Waals surface area (Å²) in [5, 5.41) is 8.84. The molecule has 2 heterocycles. The number of hydrogen-bond acceptors (Lipinski definition) is 3. The average molecular weight is 325 g/mol. The molecule has 2 aliphatic heterocycles. The lowest BCUT2D eigenvalue weighted by atomic mass is 9.90. The molecule has 1 N–H and O–H groups in total. The van der Waals surface area contributed by atoms with E-state index in [0.717, 1.165) is 12.8 Å². The number of aliphatic carboxylic acids is 1. The van der Waals surface area contributed by atoms with E-state index < -0.39 is 5.97 Å². The molecule has 7 heteroatoms. The van der Waals surface area contributed by atoms with Crippen LogP contribution in [-0.2, 0) is 9.59 Å². The Labute approximate surface area is 137 Å². The van der Waals surface area contributed by atoms with Gasteiger partial charge in [0, 0.05) is 52.6 Å². The highest BCUT2D eigenvalue weighted by molar-refractivity contribution is 5.80. The molecule has 23 heavy (non-hydrogen) atoms. The maximum atomic E-state index is 12.6. The summed E-state index contributed by atoms with van der Waals surface area (Å²) in [5.74, 6) is -0.392. The molecule has 2 aliphatic rings. The Bertz CT molecular complexity index is 450. The van der Waals surface area contributed by atoms with Crippen LogP contribution in [0.1, 0.15) is 32.1 Å². The van der Waals surface area contributed by atoms with E-state index in [1.54, 1.807) is 23.9 Å². The number of carboxylic acid groups (broad SMARTS) is 1. The maximum absolute atomic E-state index is 12.6. The molecular weight excluding hydrogens is 298 g/mol. The molecule has 2 rings (SSSR count). The van der Waals surface area contributed by atoms with Gasteiger partial charge in [-0.25, -0.2) is 4.79 Å². The van der Waals surface area contributed by atoms with Crippen LogP contribution >= 0.6 is 0 Å². The van der Waals surface area contributed by atoms with Crippen molar-refractivity contribution in [3.8, 4) is 0 Å². The van der Waals surface area contributed by atoms with Gasteiger partial charge in [-0.3, -0.25) is 9.59 Å². The van der Waals surface area contributed by atoms with Gasteiger partial charge in [0.25, 0.3) is 0 Å². The molecule has 130 valence electrons. The number of carbonyl (C=O) groups is 3. The molecule has 2 saturated heterocycles. The molecule has 0 aliphatic carbocycles. The molecule has 0 atom stereocenters. The molecular formula is C16H27N3O4. The number of urea groups is 1. The van der Waals surface area contributed by atoms with Crippen molar-refractivity contribution >= 4 is 17.9 Å². The zero-order chi connectivity index (χ0) is 17.0. The number of carbonyl (C=O) groups excluding carboxylic acids is 2. The topological polar surface area (TPSA) is 81.2 Å². The number of carboxylic acids is 1. The second-order valence-corrected chi connectivity index (χ2v) is 6.80. The lowest BCUT2D eigenvalue weighted by molar-refractivity contribution is -0.140. The molecule has 0 spiro atoms. The minimum absolute atomic E-state index is 0.00256. The van der Waals surface area contributed by atoms with Crippen LogP contribution in [0.15, 0.2) is 0 Å². The van der Waals surface area contributed by atoms with Gasteiger partial charge < -0.3 is 19.8 Å². The van der Waals surface area contributed by atoms with Gasteiger partial charge >= 0.3 is 12.0 Å². The molecule has 7 nitrogen and oxygen atoms in total. The molecule has 0 saturated carbocycles. The Morgan fingerprint density at radius 1 is 0.957 bits per heavy atom. The normalized spacial score (nSPS) is 20.4. The van der Waals surface area contributed by atoms with Crippen molar-refractivity contribution in [2.75, 3.05) is 40.3 Å². The summed E-state index contributed by atoms with van der Waals surface area (Å²) in [7, 11) is 3.47. The van der Waals surface area contributed by atoms with E-state index in [-0.39, 0.29) is 30.2 Å². The van der Waals surface area contributed by atoms with Gasteiger partial charge in [0.15, 0.2) is 0 Å². The number of piperidine rings is 2. The largest absolute Gasteiger partial charge is 0.481 e. The monoisotopic (exact) mass is 325 g/mol. The van der Waals surface area contributed by atoms with Gasteiger partial charge in [-0.1, -0.05) is 0 Å². The van der Waals surface area contributed by atoms with Crippen LogP contribution < -0.4 is 0 Å². The summed E-state index contributed by atoms with van der Waals surface area (Å²) in [6.07, 6.45) is 3.18. The van der Waals surface area contributed by atoms with E-state index in [4.69, 9.17) is 5.11 Å². The van der Waals surface area contributed by atoms with Crippen molar-refractivity contribution in [2.24, 2.45) is 11.8 Å². The van der Waals surface area contributed by atoms with Crippen LogP contribution in [0.5, 0.6) is 0 Å². The first-order valence-corrected chi connectivity index (χ1v) is 8.35. The van der Waals surface area contributed by atoms with E-state index in [1.165, 1.54) is 0 Å². The van der Waals surface area contributed by atoms with Gasteiger partial charge in [-0.2, -0.15) is 0 Å². The Balaban J connectivity index is 1.77. The predicted molar refractivity (Wildman–Crippen MR) is 84.9 cm³/mol. The zero-order valence-corrected chi connectivity index (χ0v) is 14.0. The fourth-order valence-corrected chi connectivity index (χ4v) is 3.46. The minimum Gasteiger partial charge on any atom is -0.481 e. The quantitative estimate of drug-likeness (QED) is 0.842. The minimum atomic E-state index is -0.757. The molecule has 0 aromatic carbocycles. The smallest absolute Gasteiger partial charge is 0.319 e. The second kappa shape index (κ2) is 7.66. The number of rotatable bonds is 3. The van der Waals surface area contributed by atoms with Crippen LogP contribution in [0.3, 0.4) is 0 Å². The third-order valence-electron chi connectivity index (χ3n) is 4.89. The van der Waals surface area contributed by atoms with E-state index in [1.807, 2.05) is 4.90 Å². The van der Waals surface area contributed by atoms with E-state index in [0.29, 0.717) is 39.0 Å². The maximum Gasteiger partial charge on any atom is 0.319 e. The lowest BCUT2D eigenvalue weighted by Crippen LogP contribution is -2.48. The van der Waals surface area contributed by atoms with E-state index in [2.05, 4.69) is 0 Å². The van der Waals surface area contributed by atoms with Crippen LogP contribution in [-0.4, -0.2) is 78.0 Å². The highest BCUT2D eigenvalue weighted by atomic mass is 16.4. The van der Waals surface area contributed by atoms with Crippen molar-refractivity contribution in [3.63, 3.8) is 0 Å². The number of likely N-dealkylation sites (tertiary alicyclic amines) is 2. The van der Waals surface area contributed by atoms with Crippen LogP contribution in [0, 0.1) is 11.8 Å². The lowest BCUT2D eigenvalue weighted by Gasteiger charge is -2.37. The first-order chi connectivity index (χ1) is 10.9. The van der Waals surface area contributed by atoms with Crippen molar-refractivity contribution in [3.05, 3.63) is 0 Å². The fourth-order valence-electron chi connectivity index (χ4n) is 3.46. The molecule has 0 radical (unpaired) electrons. The van der Waals surface area contributed by atoms with Gasteiger partial charge in [-0.05, 0) is 31.6 Å². The summed E-state index contributed by atoms with van der Waals surface area (Å²) >= 11 is 0. The van der Waals surface area contributed by atoms with Gasteiger partial charge in [-0.15, -0.1) is 0 Å². The zero-order valence-electron chi connectivity index (χ0n) is 14.0. The Morgan fingerprint density at radius 3 is 1.96 bits per heavy atom. The number of hydrogen-bond donors (Lipinski definition) is 1. The summed E-state index contributed by atoms with van der Waals surface area (Å²) in [6.45, 7) is 2.58. The van der Waals surface area contributed by atoms with Crippen molar-refractivity contribution in [1.29, 1.82) is 0 Å². The molecule has 2 fully saturated rings. The first-order valence-electron chi connectivity index (χ1n) is 8.35. The predicted octanol–water partition coefficient (Wildman–Crippen LogP) is 1.09. The number of nitrogens with zero attached hydrogens (tertiary/aromatic N) is 3. The first kappa shape index (κ1) is 17.6. The van der Waals surface area contributed by atoms with Crippen molar-refractivity contribution in [1.82, 2.24) is 14.7 Å². The summed E-state index contributed by atoms with van der Waals surface area (Å²) < 4.78 is 0. The third-order valence-corrected chi connectivity index (χ3v) is 4.89. The Morgan fingerprint density at radius 2 is 1.48 bits per heavy atom. The molecule has 0 aromatic heterocycles. The van der Waals surface area contributed by atoms with Crippen LogP contribution in [0.4, 0.5) is 4.79 Å². The van der Waals surface area contributed by atoms with E-state index >= 15 is 0 Å². The Kier molecular flexibility index (Phi) is 5.85. The van der Waals surface area contributed by atoms with Crippen LogP contribution in [0.2, 0.25) is 0 Å². The number of amides is 3. The van der Waals surface area contributed by atoms with Crippen molar-refractivity contribution in [2.45, 2.75) is 32.1 Å². The fraction of sp³-hybridized carbons (Fsp3) is 0.812. The van der Waals surface area contributed by atoms with Gasteiger partial charge in [0.2, 0.25) is 5.91 Å². The summed E-state index contributed by atoms with van der Waals surface area (Å²) in [4.78, 5) is 40.5. The van der Waals surface area contributed by atoms with Gasteiger partial charge in [0.05, 0.1) is 0 Å². The standard InChI is InChI=1S/C16H27N3O4/c1-17(2)16(23)19-9-5-13(6-10-19)15(22)18-7-3-12(4-8-18)11-14(20)21/h12-13H,3-11H2,1-2H3,(H,20,21). The molecule has 0 bridgehead atoms. The summed E-state index contributed by atoms with van der Waals surface area (Å²) in [5.41, 5.74) is 0. The van der Waals surface area contributed by atoms with E-state index in [9.17, 15) is 14.4 Å². The van der Waals surface area contributed by atoms with Crippen molar-refractivity contribution < 1.29 is 19.5 Å². The highest BCUT2D eigenvalue weighted by Gasteiger charge is 2.32. The molecule has 0 unspecified atom stereocenters. The third kappa shape index (κ3) is 4.59.